The van der Waals surface area contributed by atoms with E-state index in [0.29, 0.717) is 18.1 Å². The molecule has 28 heavy (non-hydrogen) atoms. The van der Waals surface area contributed by atoms with Crippen molar-refractivity contribution in [1.29, 1.82) is 0 Å². The van der Waals surface area contributed by atoms with Crippen LogP contribution in [0.2, 0.25) is 5.02 Å². The van der Waals surface area contributed by atoms with Crippen LogP contribution in [0.3, 0.4) is 0 Å². The summed E-state index contributed by atoms with van der Waals surface area (Å²) in [6.07, 6.45) is 6.22. The number of rotatable bonds is 5. The van der Waals surface area contributed by atoms with E-state index in [1.165, 1.54) is 10.6 Å². The molecule has 2 aromatic rings. The van der Waals surface area contributed by atoms with Crippen LogP contribution in [0.25, 0.3) is 0 Å². The van der Waals surface area contributed by atoms with Gasteiger partial charge in [0.05, 0.1) is 12.4 Å². The molecule has 2 saturated heterocycles. The van der Waals surface area contributed by atoms with Crippen LogP contribution < -0.4 is 5.32 Å². The van der Waals surface area contributed by atoms with Gasteiger partial charge in [-0.2, -0.15) is 4.31 Å². The quantitative estimate of drug-likeness (QED) is 0.798. The Balaban J connectivity index is 1.59. The van der Waals surface area contributed by atoms with Crippen LogP contribution in [-0.2, 0) is 21.8 Å². The summed E-state index contributed by atoms with van der Waals surface area (Å²) >= 11 is 6.12. The number of nitrogens with one attached hydrogen (secondary N) is 1. The summed E-state index contributed by atoms with van der Waals surface area (Å²) < 4.78 is 35.4. The SMILES string of the molecule is Cn1cnc(S(=O)(=O)N2C[C@H](Nc3cccc(Cl)c3)[C@@H](C3CCCCO3)C2)c1. The van der Waals surface area contributed by atoms with Crippen molar-refractivity contribution in [2.75, 3.05) is 25.0 Å². The lowest BCUT2D eigenvalue weighted by atomic mass is 9.91. The third-order valence-electron chi connectivity index (χ3n) is 5.49. The van der Waals surface area contributed by atoms with Crippen LogP contribution >= 0.6 is 11.6 Å². The van der Waals surface area contributed by atoms with Crippen molar-refractivity contribution in [3.8, 4) is 0 Å². The molecule has 0 amide bonds. The first-order chi connectivity index (χ1) is 13.4. The molecule has 0 bridgehead atoms. The Morgan fingerprint density at radius 3 is 2.82 bits per heavy atom. The lowest BCUT2D eigenvalue weighted by Crippen LogP contribution is -2.39. The molecule has 0 radical (unpaired) electrons. The zero-order valence-corrected chi connectivity index (χ0v) is 17.4. The van der Waals surface area contributed by atoms with Crippen molar-refractivity contribution in [1.82, 2.24) is 13.9 Å². The minimum absolute atomic E-state index is 0.0503. The van der Waals surface area contributed by atoms with Crippen molar-refractivity contribution in [3.05, 3.63) is 41.8 Å². The highest BCUT2D eigenvalue weighted by atomic mass is 35.5. The lowest BCUT2D eigenvalue weighted by molar-refractivity contribution is -0.0188. The van der Waals surface area contributed by atoms with Crippen LogP contribution in [0, 0.1) is 5.92 Å². The summed E-state index contributed by atoms with van der Waals surface area (Å²) in [7, 11) is -1.88. The highest BCUT2D eigenvalue weighted by molar-refractivity contribution is 7.89. The minimum atomic E-state index is -3.64. The van der Waals surface area contributed by atoms with Crippen molar-refractivity contribution in [2.45, 2.75) is 36.4 Å². The largest absolute Gasteiger partial charge is 0.381 e. The molecular weight excluding hydrogens is 400 g/mol. The number of benzene rings is 1. The Morgan fingerprint density at radius 2 is 2.14 bits per heavy atom. The van der Waals surface area contributed by atoms with E-state index in [4.69, 9.17) is 16.3 Å². The Hall–Kier alpha value is -1.61. The number of aryl methyl sites for hydroxylation is 1. The Bertz CT molecular complexity index is 927. The molecule has 1 N–H and O–H groups in total. The topological polar surface area (TPSA) is 76.5 Å². The number of nitrogens with zero attached hydrogens (tertiary/aromatic N) is 3. The van der Waals surface area contributed by atoms with E-state index >= 15 is 0 Å². The number of imidazole rings is 1. The average molecular weight is 425 g/mol. The molecule has 0 aliphatic carbocycles. The fourth-order valence-corrected chi connectivity index (χ4v) is 5.73. The molecule has 2 fully saturated rings. The number of aromatic nitrogens is 2. The molecule has 3 heterocycles. The van der Waals surface area contributed by atoms with E-state index in [-0.39, 0.29) is 23.1 Å². The van der Waals surface area contributed by atoms with E-state index in [1.54, 1.807) is 17.8 Å². The zero-order chi connectivity index (χ0) is 19.7. The predicted molar refractivity (Wildman–Crippen MR) is 108 cm³/mol. The van der Waals surface area contributed by atoms with Gasteiger partial charge in [-0.15, -0.1) is 0 Å². The van der Waals surface area contributed by atoms with Crippen molar-refractivity contribution in [3.63, 3.8) is 0 Å². The summed E-state index contributed by atoms with van der Waals surface area (Å²) in [6, 6.07) is 7.45. The second-order valence-corrected chi connectivity index (χ2v) is 9.85. The van der Waals surface area contributed by atoms with Crippen LogP contribution in [-0.4, -0.2) is 54.1 Å². The van der Waals surface area contributed by atoms with Crippen LogP contribution in [0.1, 0.15) is 19.3 Å². The predicted octanol–water partition coefficient (Wildman–Crippen LogP) is 2.74. The molecule has 0 spiro atoms. The van der Waals surface area contributed by atoms with Crippen LogP contribution in [0.5, 0.6) is 0 Å². The molecule has 1 aromatic carbocycles. The molecule has 4 rings (SSSR count). The maximum Gasteiger partial charge on any atom is 0.262 e. The zero-order valence-electron chi connectivity index (χ0n) is 15.8. The van der Waals surface area contributed by atoms with Gasteiger partial charge in [-0.25, -0.2) is 13.4 Å². The highest BCUT2D eigenvalue weighted by Gasteiger charge is 2.44. The minimum Gasteiger partial charge on any atom is -0.381 e. The van der Waals surface area contributed by atoms with E-state index in [1.807, 2.05) is 24.3 Å². The van der Waals surface area contributed by atoms with Gasteiger partial charge < -0.3 is 14.6 Å². The second kappa shape index (κ2) is 8.02. The molecular formula is C19H25ClN4O3S. The number of hydrogen-bond acceptors (Lipinski definition) is 5. The summed E-state index contributed by atoms with van der Waals surface area (Å²) in [5.41, 5.74) is 0.885. The van der Waals surface area contributed by atoms with Gasteiger partial charge in [0.2, 0.25) is 0 Å². The summed E-state index contributed by atoms with van der Waals surface area (Å²) in [4.78, 5) is 4.05. The molecule has 3 atom stereocenters. The Kier molecular flexibility index (Phi) is 5.64. The number of hydrogen-bond donors (Lipinski definition) is 1. The normalized spacial score (nSPS) is 26.4. The molecule has 2 aliphatic heterocycles. The first kappa shape index (κ1) is 19.7. The van der Waals surface area contributed by atoms with E-state index < -0.39 is 10.0 Å². The van der Waals surface area contributed by atoms with Gasteiger partial charge in [-0.05, 0) is 37.5 Å². The van der Waals surface area contributed by atoms with Gasteiger partial charge in [-0.1, -0.05) is 17.7 Å². The van der Waals surface area contributed by atoms with Crippen molar-refractivity contribution >= 4 is 27.3 Å². The first-order valence-electron chi connectivity index (χ1n) is 9.55. The molecule has 9 heteroatoms. The lowest BCUT2D eigenvalue weighted by Gasteiger charge is -2.31. The Morgan fingerprint density at radius 1 is 1.29 bits per heavy atom. The smallest absolute Gasteiger partial charge is 0.262 e. The summed E-state index contributed by atoms with van der Waals surface area (Å²) in [5.74, 6) is 0.0674. The van der Waals surface area contributed by atoms with Crippen molar-refractivity contribution in [2.24, 2.45) is 13.0 Å². The third kappa shape index (κ3) is 4.05. The molecule has 1 unspecified atom stereocenters. The molecule has 2 aliphatic rings. The molecule has 0 saturated carbocycles. The van der Waals surface area contributed by atoms with Gasteiger partial charge in [0.1, 0.15) is 0 Å². The van der Waals surface area contributed by atoms with Crippen molar-refractivity contribution < 1.29 is 13.2 Å². The molecule has 1 aromatic heterocycles. The number of anilines is 1. The number of halogens is 1. The summed E-state index contributed by atoms with van der Waals surface area (Å²) in [6.45, 7) is 1.52. The monoisotopic (exact) mass is 424 g/mol. The van der Waals surface area contributed by atoms with Gasteiger partial charge in [0, 0.05) is 55.6 Å². The fourth-order valence-electron chi connectivity index (χ4n) is 4.07. The Labute approximate surface area is 170 Å². The maximum atomic E-state index is 13.1. The van der Waals surface area contributed by atoms with Gasteiger partial charge in [0.15, 0.2) is 5.03 Å². The standard InChI is InChI=1S/C19H25ClN4O3S/c1-23-12-19(21-13-23)28(25,26)24-10-16(18-7-2-3-8-27-18)17(11-24)22-15-6-4-5-14(20)9-15/h4-6,9,12-13,16-18,22H,2-3,7-8,10-11H2,1H3/t16-,17-,18?/m0/s1. The van der Waals surface area contributed by atoms with Crippen LogP contribution in [0.4, 0.5) is 5.69 Å². The van der Waals surface area contributed by atoms with Gasteiger partial charge >= 0.3 is 0 Å². The third-order valence-corrected chi connectivity index (χ3v) is 7.44. The highest BCUT2D eigenvalue weighted by Crippen LogP contribution is 2.33. The van der Waals surface area contributed by atoms with E-state index in [2.05, 4.69) is 10.3 Å². The second-order valence-electron chi connectivity index (χ2n) is 7.53. The maximum absolute atomic E-state index is 13.1. The van der Waals surface area contributed by atoms with Gasteiger partial charge in [0.25, 0.3) is 10.0 Å². The van der Waals surface area contributed by atoms with E-state index in [0.717, 1.165) is 31.6 Å². The summed E-state index contributed by atoms with van der Waals surface area (Å²) in [5, 5.41) is 4.22. The molecule has 152 valence electrons. The number of ether oxygens (including phenoxy) is 1. The van der Waals surface area contributed by atoms with Crippen LogP contribution in [0.15, 0.2) is 41.8 Å². The number of sulfonamides is 1. The fraction of sp³-hybridized carbons (Fsp3) is 0.526. The molecule has 7 nitrogen and oxygen atoms in total. The average Bonchev–Trinajstić information content (AvgIpc) is 3.30. The first-order valence-corrected chi connectivity index (χ1v) is 11.4. The van der Waals surface area contributed by atoms with E-state index in [9.17, 15) is 8.42 Å². The van der Waals surface area contributed by atoms with Gasteiger partial charge in [-0.3, -0.25) is 0 Å².